The first-order valence-corrected chi connectivity index (χ1v) is 6.34. The van der Waals surface area contributed by atoms with E-state index in [9.17, 15) is 8.78 Å². The van der Waals surface area contributed by atoms with Gasteiger partial charge in [0.2, 0.25) is 0 Å². The molecule has 3 rings (SSSR count). The number of nitrogens with zero attached hydrogens (tertiary/aromatic N) is 3. The maximum Gasteiger partial charge on any atom is 0.264 e. The van der Waals surface area contributed by atoms with Gasteiger partial charge in [-0.2, -0.15) is 5.10 Å². The summed E-state index contributed by atoms with van der Waals surface area (Å²) >= 11 is 0. The van der Waals surface area contributed by atoms with E-state index in [1.54, 1.807) is 30.2 Å². The predicted octanol–water partition coefficient (Wildman–Crippen LogP) is 3.82. The van der Waals surface area contributed by atoms with E-state index >= 15 is 0 Å². The number of hydrogen-bond acceptors (Lipinski definition) is 1. The third kappa shape index (κ3) is 1.90. The van der Waals surface area contributed by atoms with Gasteiger partial charge in [-0.1, -0.05) is 0 Å². The van der Waals surface area contributed by atoms with Crippen LogP contribution in [0.4, 0.5) is 8.78 Å². The second kappa shape index (κ2) is 4.44. The molecule has 0 fully saturated rings. The maximum atomic E-state index is 13.3. The molecule has 3 nitrogen and oxygen atoms in total. The smallest absolute Gasteiger partial charge is 0.264 e. The number of fused-ring (bicyclic) bond motifs is 1. The van der Waals surface area contributed by atoms with Crippen LogP contribution in [0.15, 0.2) is 30.6 Å². The highest BCUT2D eigenvalue weighted by Gasteiger charge is 2.18. The molecule has 0 aliphatic rings. The summed E-state index contributed by atoms with van der Waals surface area (Å²) in [5, 5.41) is 5.03. The Labute approximate surface area is 115 Å². The van der Waals surface area contributed by atoms with Gasteiger partial charge in [-0.3, -0.25) is 4.68 Å². The summed E-state index contributed by atoms with van der Waals surface area (Å²) in [5.41, 5.74) is 3.18. The number of hydrogen-bond donors (Lipinski definition) is 0. The lowest BCUT2D eigenvalue weighted by atomic mass is 10.0. The third-order valence-corrected chi connectivity index (χ3v) is 3.70. The molecule has 0 unspecified atom stereocenters. The number of aromatic nitrogens is 3. The zero-order chi connectivity index (χ0) is 14.4. The van der Waals surface area contributed by atoms with Crippen molar-refractivity contribution >= 4 is 10.9 Å². The first-order chi connectivity index (χ1) is 9.47. The second-order valence-corrected chi connectivity index (χ2v) is 5.05. The molecule has 0 aliphatic carbocycles. The van der Waals surface area contributed by atoms with E-state index < -0.39 is 6.43 Å². The molecule has 0 bridgehead atoms. The highest BCUT2D eigenvalue weighted by Crippen LogP contribution is 2.35. The average molecular weight is 275 g/mol. The van der Waals surface area contributed by atoms with Gasteiger partial charge in [0.15, 0.2) is 0 Å². The zero-order valence-electron chi connectivity index (χ0n) is 11.6. The van der Waals surface area contributed by atoms with E-state index in [4.69, 9.17) is 0 Å². The Morgan fingerprint density at radius 1 is 1.15 bits per heavy atom. The number of aryl methyl sites for hydroxylation is 3. The molecular formula is C15H15F2N3. The van der Waals surface area contributed by atoms with Crippen LogP contribution in [0.5, 0.6) is 0 Å². The molecule has 5 heteroatoms. The van der Waals surface area contributed by atoms with Gasteiger partial charge in [0.05, 0.1) is 6.20 Å². The molecule has 0 atom stereocenters. The van der Waals surface area contributed by atoms with E-state index in [-0.39, 0.29) is 5.56 Å². The van der Waals surface area contributed by atoms with Crippen LogP contribution in [0.3, 0.4) is 0 Å². The third-order valence-electron chi connectivity index (χ3n) is 3.70. The van der Waals surface area contributed by atoms with Gasteiger partial charge in [0.25, 0.3) is 6.43 Å². The molecule has 2 heterocycles. The number of benzene rings is 1. The summed E-state index contributed by atoms with van der Waals surface area (Å²) in [5.74, 6) is 0. The number of rotatable bonds is 2. The molecule has 1 aromatic carbocycles. The van der Waals surface area contributed by atoms with Gasteiger partial charge in [0, 0.05) is 48.0 Å². The summed E-state index contributed by atoms with van der Waals surface area (Å²) in [6.45, 7) is 1.96. The van der Waals surface area contributed by atoms with Crippen molar-refractivity contribution < 1.29 is 8.78 Å². The summed E-state index contributed by atoms with van der Waals surface area (Å²) in [6, 6.07) is 5.40. The van der Waals surface area contributed by atoms with Crippen LogP contribution in [0.1, 0.15) is 17.7 Å². The van der Waals surface area contributed by atoms with Gasteiger partial charge < -0.3 is 4.57 Å². The van der Waals surface area contributed by atoms with E-state index in [2.05, 4.69) is 5.10 Å². The molecule has 20 heavy (non-hydrogen) atoms. The Bertz CT molecular complexity index is 784. The van der Waals surface area contributed by atoms with Crippen molar-refractivity contribution in [1.82, 2.24) is 14.3 Å². The Hall–Kier alpha value is -2.17. The SMILES string of the molecule is Cc1cc2cc(-c3cnn(C)c3)c(C(F)F)cc2n1C. The summed E-state index contributed by atoms with van der Waals surface area (Å²) in [6.07, 6.45) is 0.857. The van der Waals surface area contributed by atoms with Crippen LogP contribution in [0.2, 0.25) is 0 Å². The number of halogens is 2. The fourth-order valence-corrected chi connectivity index (χ4v) is 2.53. The highest BCUT2D eigenvalue weighted by atomic mass is 19.3. The quantitative estimate of drug-likeness (QED) is 0.697. The Morgan fingerprint density at radius 3 is 2.50 bits per heavy atom. The van der Waals surface area contributed by atoms with Gasteiger partial charge >= 0.3 is 0 Å². The van der Waals surface area contributed by atoms with Crippen LogP contribution < -0.4 is 0 Å². The van der Waals surface area contributed by atoms with E-state index in [0.29, 0.717) is 11.1 Å². The van der Waals surface area contributed by atoms with Crippen LogP contribution >= 0.6 is 0 Å². The van der Waals surface area contributed by atoms with Crippen molar-refractivity contribution in [3.05, 3.63) is 41.9 Å². The van der Waals surface area contributed by atoms with Crippen LogP contribution in [-0.2, 0) is 14.1 Å². The lowest BCUT2D eigenvalue weighted by Gasteiger charge is -2.09. The largest absolute Gasteiger partial charge is 0.348 e. The molecule has 0 saturated heterocycles. The van der Waals surface area contributed by atoms with Crippen molar-refractivity contribution in [2.24, 2.45) is 14.1 Å². The minimum atomic E-state index is -2.51. The molecule has 104 valence electrons. The van der Waals surface area contributed by atoms with Gasteiger partial charge in [0.1, 0.15) is 0 Å². The molecule has 0 spiro atoms. The zero-order valence-corrected chi connectivity index (χ0v) is 11.6. The van der Waals surface area contributed by atoms with Gasteiger partial charge in [-0.05, 0) is 30.7 Å². The fourth-order valence-electron chi connectivity index (χ4n) is 2.53. The van der Waals surface area contributed by atoms with Gasteiger partial charge in [-0.25, -0.2) is 8.78 Å². The van der Waals surface area contributed by atoms with Crippen LogP contribution in [0, 0.1) is 6.92 Å². The molecule has 2 aromatic heterocycles. The van der Waals surface area contributed by atoms with Crippen molar-refractivity contribution in [2.75, 3.05) is 0 Å². The van der Waals surface area contributed by atoms with Crippen molar-refractivity contribution in [3.8, 4) is 11.1 Å². The first kappa shape index (κ1) is 12.8. The van der Waals surface area contributed by atoms with E-state index in [1.165, 1.54) is 0 Å². The van der Waals surface area contributed by atoms with Crippen molar-refractivity contribution in [2.45, 2.75) is 13.3 Å². The monoisotopic (exact) mass is 275 g/mol. The molecular weight excluding hydrogens is 260 g/mol. The lowest BCUT2D eigenvalue weighted by molar-refractivity contribution is 0.152. The fraction of sp³-hybridized carbons (Fsp3) is 0.267. The molecule has 0 aliphatic heterocycles. The number of alkyl halides is 2. The maximum absolute atomic E-state index is 13.3. The summed E-state index contributed by atoms with van der Waals surface area (Å²) in [7, 11) is 3.66. The normalized spacial score (nSPS) is 11.7. The Kier molecular flexibility index (Phi) is 2.85. The van der Waals surface area contributed by atoms with E-state index in [1.807, 2.05) is 30.7 Å². The standard InChI is InChI=1S/C15H15F2N3/c1-9-4-10-5-12(11-7-18-19(2)8-11)13(15(16)17)6-14(10)20(9)3/h4-8,15H,1-3H3. The average Bonchev–Trinajstić information content (AvgIpc) is 2.93. The minimum Gasteiger partial charge on any atom is -0.348 e. The highest BCUT2D eigenvalue weighted by molar-refractivity contribution is 5.88. The molecule has 3 aromatic rings. The summed E-state index contributed by atoms with van der Waals surface area (Å²) in [4.78, 5) is 0. The van der Waals surface area contributed by atoms with E-state index in [0.717, 1.165) is 16.6 Å². The second-order valence-electron chi connectivity index (χ2n) is 5.05. The lowest BCUT2D eigenvalue weighted by Crippen LogP contribution is -1.94. The topological polar surface area (TPSA) is 22.8 Å². The van der Waals surface area contributed by atoms with Crippen LogP contribution in [0.25, 0.3) is 22.0 Å². The van der Waals surface area contributed by atoms with Crippen molar-refractivity contribution in [1.29, 1.82) is 0 Å². The Morgan fingerprint density at radius 2 is 1.90 bits per heavy atom. The predicted molar refractivity (Wildman–Crippen MR) is 74.8 cm³/mol. The van der Waals surface area contributed by atoms with Gasteiger partial charge in [-0.15, -0.1) is 0 Å². The molecule has 0 N–H and O–H groups in total. The van der Waals surface area contributed by atoms with Crippen molar-refractivity contribution in [3.63, 3.8) is 0 Å². The molecule has 0 radical (unpaired) electrons. The summed E-state index contributed by atoms with van der Waals surface area (Å²) < 4.78 is 30.2. The Balaban J connectivity index is 2.32. The first-order valence-electron chi connectivity index (χ1n) is 6.34. The molecule has 0 saturated carbocycles. The minimum absolute atomic E-state index is 0.0479. The van der Waals surface area contributed by atoms with Crippen LogP contribution in [-0.4, -0.2) is 14.3 Å². The molecule has 0 amide bonds.